The summed E-state index contributed by atoms with van der Waals surface area (Å²) in [6.45, 7) is 7.75. The Balaban J connectivity index is 1.36. The van der Waals surface area contributed by atoms with Crippen LogP contribution in [-0.4, -0.2) is 21.7 Å². The average molecular weight is 609 g/mol. The van der Waals surface area contributed by atoms with Gasteiger partial charge in [-0.3, -0.25) is 29.8 Å². The Labute approximate surface area is 261 Å². The van der Waals surface area contributed by atoms with Gasteiger partial charge in [-0.05, 0) is 64.8 Å². The molecule has 4 aromatic carbocycles. The van der Waals surface area contributed by atoms with Gasteiger partial charge in [0.15, 0.2) is 0 Å². The van der Waals surface area contributed by atoms with Crippen LogP contribution in [0.3, 0.4) is 0 Å². The summed E-state index contributed by atoms with van der Waals surface area (Å²) in [5, 5.41) is 27.9. The second-order valence-corrected chi connectivity index (χ2v) is 11.7. The van der Waals surface area contributed by atoms with Gasteiger partial charge >= 0.3 is 0 Å². The summed E-state index contributed by atoms with van der Waals surface area (Å²) in [6, 6.07) is 27.3. The molecule has 0 aliphatic rings. The summed E-state index contributed by atoms with van der Waals surface area (Å²) in [5.41, 5.74) is 4.79. The maximum atomic E-state index is 13.2. The van der Waals surface area contributed by atoms with Crippen molar-refractivity contribution in [3.63, 3.8) is 0 Å². The van der Waals surface area contributed by atoms with Crippen molar-refractivity contribution in [2.45, 2.75) is 46.0 Å². The molecule has 4 rings (SSSR count). The number of nitrogens with zero attached hydrogens (tertiary/aromatic N) is 2. The van der Waals surface area contributed by atoms with Crippen molar-refractivity contribution in [1.29, 1.82) is 0 Å². The van der Waals surface area contributed by atoms with Gasteiger partial charge < -0.3 is 10.6 Å². The van der Waals surface area contributed by atoms with Crippen molar-refractivity contribution < 1.29 is 19.4 Å². The number of carbonyl (C=O) groups is 2. The minimum atomic E-state index is -0.463. The summed E-state index contributed by atoms with van der Waals surface area (Å²) in [4.78, 5) is 47.4. The third kappa shape index (κ3) is 8.38. The smallest absolute Gasteiger partial charge is 0.269 e. The molecule has 0 spiro atoms. The lowest BCUT2D eigenvalue weighted by molar-refractivity contribution is -0.385. The second kappa shape index (κ2) is 14.4. The summed E-state index contributed by atoms with van der Waals surface area (Å²) in [6.07, 6.45) is 0.650. The summed E-state index contributed by atoms with van der Waals surface area (Å²) in [7, 11) is 0. The molecule has 4 aromatic rings. The van der Waals surface area contributed by atoms with Crippen LogP contribution >= 0.6 is 0 Å². The van der Waals surface area contributed by atoms with Gasteiger partial charge in [-0.25, -0.2) is 0 Å². The lowest BCUT2D eigenvalue weighted by Gasteiger charge is -2.21. The second-order valence-electron chi connectivity index (χ2n) is 11.7. The molecule has 2 atom stereocenters. The van der Waals surface area contributed by atoms with E-state index in [1.807, 2.05) is 76.2 Å². The zero-order chi connectivity index (χ0) is 32.7. The molecule has 10 nitrogen and oxygen atoms in total. The molecule has 0 heterocycles. The molecule has 232 valence electrons. The number of amides is 2. The van der Waals surface area contributed by atoms with Crippen molar-refractivity contribution in [3.05, 3.63) is 140 Å². The molecular weight excluding hydrogens is 572 g/mol. The SMILES string of the molecule is CC(C)C(C(=O)Nc1ccc(Cc2ccc(NC(=O)C(c3ccc([N+](=O)[O-])cc3)C(C)C)cc2)cc1)c1ccc([N+](=O)[O-])cc1. The van der Waals surface area contributed by atoms with Crippen molar-refractivity contribution in [2.24, 2.45) is 11.8 Å². The number of rotatable bonds is 12. The molecule has 0 saturated carbocycles. The number of nitrogens with one attached hydrogen (secondary N) is 2. The van der Waals surface area contributed by atoms with E-state index in [1.54, 1.807) is 24.3 Å². The van der Waals surface area contributed by atoms with E-state index in [1.165, 1.54) is 24.3 Å². The highest BCUT2D eigenvalue weighted by atomic mass is 16.6. The highest BCUT2D eigenvalue weighted by Gasteiger charge is 2.26. The molecule has 0 aromatic heterocycles. The molecule has 0 saturated heterocycles. The maximum absolute atomic E-state index is 13.2. The average Bonchev–Trinajstić information content (AvgIpc) is 2.99. The number of carbonyl (C=O) groups excluding carboxylic acids is 2. The van der Waals surface area contributed by atoms with E-state index in [-0.39, 0.29) is 35.0 Å². The number of benzene rings is 4. The fourth-order valence-corrected chi connectivity index (χ4v) is 5.37. The van der Waals surface area contributed by atoms with Gasteiger partial charge in [-0.1, -0.05) is 76.2 Å². The fourth-order valence-electron chi connectivity index (χ4n) is 5.37. The molecule has 10 heteroatoms. The Hall–Kier alpha value is -5.38. The van der Waals surface area contributed by atoms with Crippen LogP contribution < -0.4 is 10.6 Å². The molecule has 0 radical (unpaired) electrons. The zero-order valence-electron chi connectivity index (χ0n) is 25.6. The maximum Gasteiger partial charge on any atom is 0.269 e. The van der Waals surface area contributed by atoms with Gasteiger partial charge in [-0.2, -0.15) is 0 Å². The molecule has 0 aliphatic heterocycles. The Kier molecular flexibility index (Phi) is 10.4. The fraction of sp³-hybridized carbons (Fsp3) is 0.257. The van der Waals surface area contributed by atoms with Crippen LogP contribution in [0, 0.1) is 32.1 Å². The van der Waals surface area contributed by atoms with E-state index in [9.17, 15) is 29.8 Å². The summed E-state index contributed by atoms with van der Waals surface area (Å²) < 4.78 is 0. The molecule has 2 amide bonds. The Morgan fingerprint density at radius 2 is 0.867 bits per heavy atom. The molecule has 0 aliphatic carbocycles. The lowest BCUT2D eigenvalue weighted by Crippen LogP contribution is -2.25. The first kappa shape index (κ1) is 32.5. The predicted octanol–water partition coefficient (Wildman–Crippen LogP) is 7.85. The van der Waals surface area contributed by atoms with E-state index in [0.29, 0.717) is 17.8 Å². The topological polar surface area (TPSA) is 144 Å². The summed E-state index contributed by atoms with van der Waals surface area (Å²) >= 11 is 0. The van der Waals surface area contributed by atoms with Crippen LogP contribution in [0.2, 0.25) is 0 Å². The number of nitro benzene ring substituents is 2. The van der Waals surface area contributed by atoms with E-state index >= 15 is 0 Å². The van der Waals surface area contributed by atoms with Crippen molar-refractivity contribution in [1.82, 2.24) is 0 Å². The molecular formula is C35H36N4O6. The summed E-state index contributed by atoms with van der Waals surface area (Å²) in [5.74, 6) is -1.33. The number of hydrogen-bond acceptors (Lipinski definition) is 6. The largest absolute Gasteiger partial charge is 0.326 e. The van der Waals surface area contributed by atoms with Gasteiger partial charge in [0, 0.05) is 35.6 Å². The van der Waals surface area contributed by atoms with E-state index < -0.39 is 21.7 Å². The van der Waals surface area contributed by atoms with Gasteiger partial charge in [0.05, 0.1) is 21.7 Å². The van der Waals surface area contributed by atoms with Gasteiger partial charge in [0.2, 0.25) is 11.8 Å². The van der Waals surface area contributed by atoms with E-state index in [0.717, 1.165) is 22.3 Å². The number of non-ortho nitro benzene ring substituents is 2. The normalized spacial score (nSPS) is 12.4. The van der Waals surface area contributed by atoms with Gasteiger partial charge in [0.25, 0.3) is 11.4 Å². The first-order chi connectivity index (χ1) is 21.4. The minimum Gasteiger partial charge on any atom is -0.326 e. The van der Waals surface area contributed by atoms with Crippen LogP contribution in [-0.2, 0) is 16.0 Å². The Morgan fingerprint density at radius 1 is 0.556 bits per heavy atom. The highest BCUT2D eigenvalue weighted by molar-refractivity contribution is 5.96. The Bertz CT molecular complexity index is 1520. The predicted molar refractivity (Wildman–Crippen MR) is 174 cm³/mol. The van der Waals surface area contributed by atoms with Crippen molar-refractivity contribution in [3.8, 4) is 0 Å². The lowest BCUT2D eigenvalue weighted by atomic mass is 9.87. The molecule has 0 fully saturated rings. The monoisotopic (exact) mass is 608 g/mol. The molecule has 0 bridgehead atoms. The van der Waals surface area contributed by atoms with Crippen LogP contribution in [0.5, 0.6) is 0 Å². The van der Waals surface area contributed by atoms with E-state index in [2.05, 4.69) is 10.6 Å². The first-order valence-electron chi connectivity index (χ1n) is 14.7. The number of nitro groups is 2. The van der Waals surface area contributed by atoms with Crippen molar-refractivity contribution in [2.75, 3.05) is 10.6 Å². The van der Waals surface area contributed by atoms with Gasteiger partial charge in [-0.15, -0.1) is 0 Å². The zero-order valence-corrected chi connectivity index (χ0v) is 25.6. The highest BCUT2D eigenvalue weighted by Crippen LogP contribution is 2.29. The van der Waals surface area contributed by atoms with Crippen LogP contribution in [0.1, 0.15) is 61.8 Å². The van der Waals surface area contributed by atoms with Gasteiger partial charge in [0.1, 0.15) is 0 Å². The molecule has 2 N–H and O–H groups in total. The third-order valence-electron chi connectivity index (χ3n) is 7.68. The number of anilines is 2. The number of hydrogen-bond donors (Lipinski definition) is 2. The van der Waals surface area contributed by atoms with Crippen molar-refractivity contribution >= 4 is 34.6 Å². The third-order valence-corrected chi connectivity index (χ3v) is 7.68. The molecule has 2 unspecified atom stereocenters. The van der Waals surface area contributed by atoms with E-state index in [4.69, 9.17) is 0 Å². The van der Waals surface area contributed by atoms with Crippen LogP contribution in [0.4, 0.5) is 22.7 Å². The Morgan fingerprint density at radius 3 is 1.13 bits per heavy atom. The first-order valence-corrected chi connectivity index (χ1v) is 14.7. The minimum absolute atomic E-state index is 0.0166. The standard InChI is InChI=1S/C35H36N4O6/c1-22(2)32(26-9-17-30(18-10-26)38(42)43)34(40)36-28-13-5-24(6-14-28)21-25-7-15-29(16-8-25)37-35(41)33(23(3)4)27-11-19-31(20-12-27)39(44)45/h5-20,22-23,32-33H,21H2,1-4H3,(H,36,40)(H,37,41). The quantitative estimate of drug-likeness (QED) is 0.124. The van der Waals surface area contributed by atoms with Crippen LogP contribution in [0.25, 0.3) is 0 Å². The van der Waals surface area contributed by atoms with Crippen LogP contribution in [0.15, 0.2) is 97.1 Å². The molecule has 45 heavy (non-hydrogen) atoms.